The van der Waals surface area contributed by atoms with Gasteiger partial charge in [0.25, 0.3) is 17.7 Å². The average Bonchev–Trinajstić information content (AvgIpc) is 3.22. The van der Waals surface area contributed by atoms with Gasteiger partial charge in [0, 0.05) is 17.1 Å². The lowest BCUT2D eigenvalue weighted by Crippen LogP contribution is -2.40. The summed E-state index contributed by atoms with van der Waals surface area (Å²) in [4.78, 5) is 38.0. The number of rotatable bonds is 16. The highest BCUT2D eigenvalue weighted by Crippen LogP contribution is 2.30. The summed E-state index contributed by atoms with van der Waals surface area (Å²) in [5, 5.41) is 38.4. The minimum absolute atomic E-state index is 0.117. The molecule has 0 saturated heterocycles. The summed E-state index contributed by atoms with van der Waals surface area (Å²) >= 11 is 0. The van der Waals surface area contributed by atoms with Crippen LogP contribution in [0, 0.1) is 5.41 Å². The Morgan fingerprint density at radius 2 is 0.702 bits per heavy atom. The van der Waals surface area contributed by atoms with Crippen molar-refractivity contribution >= 4 is 34.8 Å². The molecule has 12 heteroatoms. The quantitative estimate of drug-likeness (QED) is 0.0564. The van der Waals surface area contributed by atoms with E-state index in [0.717, 1.165) is 0 Å². The Hall–Kier alpha value is -7.47. The van der Waals surface area contributed by atoms with Gasteiger partial charge in [-0.1, -0.05) is 43.3 Å². The number of nitrogens with one attached hydrogen (secondary N) is 3. The molecule has 6 aromatic carbocycles. The zero-order valence-corrected chi connectivity index (χ0v) is 31.0. The second-order valence-electron chi connectivity index (χ2n) is 13.2. The number of carbonyl (C=O) groups excluding carboxylic acids is 3. The van der Waals surface area contributed by atoms with Crippen molar-refractivity contribution in [1.29, 1.82) is 0 Å². The molecule has 0 saturated carbocycles. The third-order valence-corrected chi connectivity index (χ3v) is 9.17. The van der Waals surface area contributed by atoms with Gasteiger partial charge in [0.1, 0.15) is 54.3 Å². The Bertz CT molecular complexity index is 2050. The van der Waals surface area contributed by atoms with Crippen LogP contribution in [0.2, 0.25) is 0 Å². The Labute approximate surface area is 329 Å². The molecule has 0 fully saturated rings. The molecule has 0 spiro atoms. The molecule has 0 unspecified atom stereocenters. The van der Waals surface area contributed by atoms with E-state index in [-0.39, 0.29) is 53.8 Å². The van der Waals surface area contributed by atoms with E-state index in [1.54, 1.807) is 109 Å². The van der Waals surface area contributed by atoms with Gasteiger partial charge < -0.3 is 45.5 Å². The Morgan fingerprint density at radius 3 is 0.947 bits per heavy atom. The minimum atomic E-state index is -0.673. The third-order valence-electron chi connectivity index (χ3n) is 9.17. The molecular weight excluding hydrogens is 727 g/mol. The maximum Gasteiger partial charge on any atom is 0.259 e. The van der Waals surface area contributed by atoms with Crippen molar-refractivity contribution in [2.75, 3.05) is 35.8 Å². The number of benzene rings is 6. The molecule has 6 N–H and O–H groups in total. The van der Waals surface area contributed by atoms with E-state index in [0.29, 0.717) is 40.7 Å². The molecule has 290 valence electrons. The molecule has 0 radical (unpaired) electrons. The van der Waals surface area contributed by atoms with Crippen LogP contribution in [0.5, 0.6) is 34.5 Å². The lowest BCUT2D eigenvalue weighted by atomic mass is 9.88. The van der Waals surface area contributed by atoms with Gasteiger partial charge in [0.15, 0.2) is 0 Å². The van der Waals surface area contributed by atoms with E-state index < -0.39 is 23.1 Å². The highest BCUT2D eigenvalue weighted by atomic mass is 16.5. The summed E-state index contributed by atoms with van der Waals surface area (Å²) in [7, 11) is 0. The van der Waals surface area contributed by atoms with E-state index >= 15 is 0 Å². The zero-order valence-electron chi connectivity index (χ0n) is 31.0. The van der Waals surface area contributed by atoms with Crippen LogP contribution in [0.15, 0.2) is 146 Å². The van der Waals surface area contributed by atoms with Gasteiger partial charge in [-0.15, -0.1) is 0 Å². The van der Waals surface area contributed by atoms with Crippen LogP contribution < -0.4 is 30.2 Å². The Balaban J connectivity index is 1.12. The van der Waals surface area contributed by atoms with Crippen molar-refractivity contribution in [3.63, 3.8) is 0 Å². The summed E-state index contributed by atoms with van der Waals surface area (Å²) in [6.45, 7) is 2.58. The van der Waals surface area contributed by atoms with Gasteiger partial charge in [-0.2, -0.15) is 0 Å². The first-order valence-electron chi connectivity index (χ1n) is 18.1. The van der Waals surface area contributed by atoms with E-state index in [4.69, 9.17) is 14.2 Å². The number of amides is 3. The summed E-state index contributed by atoms with van der Waals surface area (Å²) in [5.74, 6) is -0.0570. The second-order valence-corrected chi connectivity index (χ2v) is 13.2. The predicted molar refractivity (Wildman–Crippen MR) is 217 cm³/mol. The Kier molecular flexibility index (Phi) is 12.6. The van der Waals surface area contributed by atoms with Crippen LogP contribution in [-0.4, -0.2) is 52.9 Å². The van der Waals surface area contributed by atoms with E-state index in [1.807, 2.05) is 6.92 Å². The van der Waals surface area contributed by atoms with Crippen molar-refractivity contribution in [2.45, 2.75) is 13.3 Å². The maximum atomic E-state index is 12.7. The van der Waals surface area contributed by atoms with Gasteiger partial charge >= 0.3 is 0 Å². The summed E-state index contributed by atoms with van der Waals surface area (Å²) in [6, 6.07) is 39.5. The van der Waals surface area contributed by atoms with Crippen LogP contribution >= 0.6 is 0 Å². The largest absolute Gasteiger partial charge is 0.507 e. The molecule has 57 heavy (non-hydrogen) atoms. The monoisotopic (exact) mass is 767 g/mol. The summed E-state index contributed by atoms with van der Waals surface area (Å²) in [5.41, 5.74) is 1.35. The van der Waals surface area contributed by atoms with Crippen molar-refractivity contribution in [3.8, 4) is 34.5 Å². The molecule has 0 aliphatic carbocycles. The van der Waals surface area contributed by atoms with Crippen LogP contribution in [0.3, 0.4) is 0 Å². The number of phenolic OH excluding ortho intramolecular Hbond substituents is 3. The van der Waals surface area contributed by atoms with Crippen LogP contribution in [0.4, 0.5) is 17.1 Å². The predicted octanol–water partition coefficient (Wildman–Crippen LogP) is 8.49. The fourth-order valence-corrected chi connectivity index (χ4v) is 5.64. The zero-order chi connectivity index (χ0) is 40.2. The smallest absolute Gasteiger partial charge is 0.259 e. The fraction of sp³-hybridized carbons (Fsp3) is 0.133. The molecular formula is C45H41N3O9. The highest BCUT2D eigenvalue weighted by Gasteiger charge is 2.32. The fourth-order valence-electron chi connectivity index (χ4n) is 5.64. The first-order chi connectivity index (χ1) is 27.6. The third kappa shape index (κ3) is 10.4. The van der Waals surface area contributed by atoms with Crippen LogP contribution in [-0.2, 0) is 0 Å². The molecule has 0 heterocycles. The molecule has 0 aliphatic rings. The molecule has 6 rings (SSSR count). The summed E-state index contributed by atoms with van der Waals surface area (Å²) < 4.78 is 18.9. The molecule has 6 aromatic rings. The van der Waals surface area contributed by atoms with Crippen LogP contribution in [0.25, 0.3) is 0 Å². The number of carbonyl (C=O) groups is 3. The molecule has 12 nitrogen and oxygen atoms in total. The molecule has 0 atom stereocenters. The maximum absolute atomic E-state index is 12.7. The van der Waals surface area contributed by atoms with Crippen molar-refractivity contribution < 1.29 is 43.9 Å². The number of hydrogen-bond donors (Lipinski definition) is 6. The first-order valence-corrected chi connectivity index (χ1v) is 18.1. The average molecular weight is 768 g/mol. The molecule has 0 aliphatic heterocycles. The summed E-state index contributed by atoms with van der Waals surface area (Å²) in [6.07, 6.45) is 0.588. The standard InChI is InChI=1S/C45H41N3O9/c1-2-45(27-55-33-21-15-30(16-22-33)46-42(52)36-9-3-6-12-39(36)49,28-56-34-23-17-31(18-24-34)47-43(53)37-10-4-7-13-40(37)50)29-57-35-25-19-32(20-26-35)48-44(54)38-11-5-8-14-41(38)51/h3-26,49-51H,2,27-29H2,1H3,(H,46,52)(H,47,53)(H,48,54). The van der Waals surface area contributed by atoms with E-state index in [1.165, 1.54) is 36.4 Å². The lowest BCUT2D eigenvalue weighted by Gasteiger charge is -2.32. The Morgan fingerprint density at radius 1 is 0.439 bits per heavy atom. The number of phenols is 3. The molecule has 0 aromatic heterocycles. The van der Waals surface area contributed by atoms with E-state index in [9.17, 15) is 29.7 Å². The second kappa shape index (κ2) is 18.2. The normalized spacial score (nSPS) is 10.9. The number of aromatic hydroxyl groups is 3. The number of ether oxygens (including phenoxy) is 3. The number of para-hydroxylation sites is 3. The highest BCUT2D eigenvalue weighted by molar-refractivity contribution is 6.07. The number of anilines is 3. The van der Waals surface area contributed by atoms with E-state index in [2.05, 4.69) is 16.0 Å². The van der Waals surface area contributed by atoms with Crippen molar-refractivity contribution in [1.82, 2.24) is 0 Å². The van der Waals surface area contributed by atoms with Crippen molar-refractivity contribution in [2.24, 2.45) is 5.41 Å². The van der Waals surface area contributed by atoms with Gasteiger partial charge in [-0.3, -0.25) is 14.4 Å². The minimum Gasteiger partial charge on any atom is -0.507 e. The van der Waals surface area contributed by atoms with Gasteiger partial charge in [0.05, 0.1) is 22.1 Å². The number of hydrogen-bond acceptors (Lipinski definition) is 9. The van der Waals surface area contributed by atoms with Crippen LogP contribution in [0.1, 0.15) is 44.4 Å². The van der Waals surface area contributed by atoms with Gasteiger partial charge in [-0.25, -0.2) is 0 Å². The molecule has 3 amide bonds. The first kappa shape index (κ1) is 39.2. The van der Waals surface area contributed by atoms with Gasteiger partial charge in [0.2, 0.25) is 0 Å². The SMILES string of the molecule is CCC(COc1ccc(NC(=O)c2ccccc2O)cc1)(COc1ccc(NC(=O)c2ccccc2O)cc1)COc1ccc(NC(=O)c2ccccc2O)cc1. The lowest BCUT2D eigenvalue weighted by molar-refractivity contribution is 0.0293. The van der Waals surface area contributed by atoms with Gasteiger partial charge in [-0.05, 0) is 116 Å². The molecule has 0 bridgehead atoms. The van der Waals surface area contributed by atoms with Crippen molar-refractivity contribution in [3.05, 3.63) is 162 Å². The topological polar surface area (TPSA) is 176 Å².